The Morgan fingerprint density at radius 1 is 1.03 bits per heavy atom. The number of nitrogens with zero attached hydrogens (tertiary/aromatic N) is 5. The summed E-state index contributed by atoms with van der Waals surface area (Å²) < 4.78 is 55.5. The summed E-state index contributed by atoms with van der Waals surface area (Å²) >= 11 is 6.39. The van der Waals surface area contributed by atoms with Gasteiger partial charge in [-0.3, -0.25) is 0 Å². The summed E-state index contributed by atoms with van der Waals surface area (Å²) in [6.07, 6.45) is 4.40. The predicted molar refractivity (Wildman–Crippen MR) is 125 cm³/mol. The van der Waals surface area contributed by atoms with E-state index in [1.807, 2.05) is 22.8 Å². The maximum atomic E-state index is 13.4. The third-order valence-corrected chi connectivity index (χ3v) is 8.29. The van der Waals surface area contributed by atoms with Crippen LogP contribution in [-0.4, -0.2) is 52.1 Å². The molecule has 0 radical (unpaired) electrons. The second kappa shape index (κ2) is 8.23. The lowest BCUT2D eigenvalue weighted by atomic mass is 10.1. The number of hydrogen-bond donors (Lipinski definition) is 0. The maximum absolute atomic E-state index is 13.4. The zero-order chi connectivity index (χ0) is 25.1. The van der Waals surface area contributed by atoms with Crippen LogP contribution < -0.4 is 9.47 Å². The number of piperidine rings is 1. The van der Waals surface area contributed by atoms with Gasteiger partial charge in [0, 0.05) is 37.6 Å². The van der Waals surface area contributed by atoms with Gasteiger partial charge >= 0.3 is 0 Å². The number of fused-ring (bicyclic) bond motifs is 2. The summed E-state index contributed by atoms with van der Waals surface area (Å²) in [6, 6.07) is 11.4. The molecule has 0 spiro atoms. The van der Waals surface area contributed by atoms with Gasteiger partial charge in [0.2, 0.25) is 16.8 Å². The number of halogens is 1. The van der Waals surface area contributed by atoms with Crippen LogP contribution in [0, 0.1) is 0 Å². The highest BCUT2D eigenvalue weighted by Crippen LogP contribution is 2.37. The Balaban J connectivity index is 1.29. The van der Waals surface area contributed by atoms with E-state index in [0.717, 1.165) is 5.52 Å². The van der Waals surface area contributed by atoms with Crippen LogP contribution in [0.5, 0.6) is 11.5 Å². The number of imidazole rings is 1. The second-order valence-corrected chi connectivity index (χ2v) is 10.3. The molecule has 6 rings (SSSR count). The van der Waals surface area contributed by atoms with E-state index in [2.05, 4.69) is 9.97 Å². The zero-order valence-electron chi connectivity index (χ0n) is 19.8. The van der Waals surface area contributed by atoms with Crippen molar-refractivity contribution in [1.82, 2.24) is 23.8 Å². The fourth-order valence-electron chi connectivity index (χ4n) is 4.43. The lowest BCUT2D eigenvalue weighted by Gasteiger charge is -2.32. The average molecular weight is 500 g/mol. The van der Waals surface area contributed by atoms with Gasteiger partial charge < -0.3 is 14.0 Å². The molecule has 34 heavy (non-hydrogen) atoms. The summed E-state index contributed by atoms with van der Waals surface area (Å²) in [6.45, 7) is -1.75. The molecule has 0 aliphatic carbocycles. The minimum atomic E-state index is -3.82. The largest absolute Gasteiger partial charge is 0.454 e. The molecule has 11 heteroatoms. The molecule has 1 aromatic carbocycles. The molecule has 174 valence electrons. The smallest absolute Gasteiger partial charge is 0.243 e. The van der Waals surface area contributed by atoms with E-state index in [9.17, 15) is 8.42 Å². The summed E-state index contributed by atoms with van der Waals surface area (Å²) in [5, 5.41) is 0.334. The first-order valence-corrected chi connectivity index (χ1v) is 12.5. The van der Waals surface area contributed by atoms with Crippen LogP contribution in [0.4, 0.5) is 0 Å². The molecule has 0 saturated carbocycles. The van der Waals surface area contributed by atoms with Crippen LogP contribution in [0.1, 0.15) is 21.6 Å². The van der Waals surface area contributed by atoms with E-state index in [0.29, 0.717) is 35.0 Å². The zero-order valence-corrected chi connectivity index (χ0v) is 19.3. The number of aromatic nitrogens is 4. The molecule has 0 atom stereocenters. The first-order valence-electron chi connectivity index (χ1n) is 11.7. The van der Waals surface area contributed by atoms with Gasteiger partial charge in [-0.15, -0.1) is 0 Å². The third kappa shape index (κ3) is 3.49. The summed E-state index contributed by atoms with van der Waals surface area (Å²) in [7, 11) is -3.82. The number of hydrogen-bond acceptors (Lipinski definition) is 7. The molecular formula is C23H20ClN5O4S. The number of sulfonamides is 1. The van der Waals surface area contributed by atoms with E-state index < -0.39 is 16.8 Å². The molecular weight excluding hydrogens is 478 g/mol. The molecule has 5 heterocycles. The van der Waals surface area contributed by atoms with Crippen LogP contribution in [0.2, 0.25) is 5.15 Å². The first kappa shape index (κ1) is 19.1. The lowest BCUT2D eigenvalue weighted by molar-refractivity contribution is 0.174. The van der Waals surface area contributed by atoms with Crippen LogP contribution >= 0.6 is 11.6 Å². The summed E-state index contributed by atoms with van der Waals surface area (Å²) in [5.41, 5.74) is 2.12. The van der Waals surface area contributed by atoms with Gasteiger partial charge in [-0.25, -0.2) is 23.4 Å². The maximum Gasteiger partial charge on any atom is 0.243 e. The molecule has 3 aromatic heterocycles. The molecule has 0 N–H and O–H groups in total. The highest BCUT2D eigenvalue weighted by molar-refractivity contribution is 7.89. The Morgan fingerprint density at radius 2 is 1.79 bits per heavy atom. The molecule has 2 aliphatic heterocycles. The topological polar surface area (TPSA) is 99.4 Å². The van der Waals surface area contributed by atoms with Crippen LogP contribution in [0.25, 0.3) is 22.6 Å². The highest BCUT2D eigenvalue weighted by Gasteiger charge is 2.33. The lowest BCUT2D eigenvalue weighted by Crippen LogP contribution is -2.39. The molecule has 9 nitrogen and oxygen atoms in total. The molecule has 1 fully saturated rings. The monoisotopic (exact) mass is 499 g/mol. The van der Waals surface area contributed by atoms with Gasteiger partial charge in [0.15, 0.2) is 17.1 Å². The fourth-order valence-corrected chi connectivity index (χ4v) is 6.12. The molecule has 0 bridgehead atoms. The van der Waals surface area contributed by atoms with E-state index in [4.69, 9.17) is 28.8 Å². The molecule has 0 unspecified atom stereocenters. The molecule has 2 aliphatic rings. The first-order chi connectivity index (χ1) is 17.2. The van der Waals surface area contributed by atoms with Crippen molar-refractivity contribution in [3.05, 3.63) is 60.0 Å². The van der Waals surface area contributed by atoms with Crippen molar-refractivity contribution in [2.75, 3.05) is 19.8 Å². The van der Waals surface area contributed by atoms with Crippen molar-refractivity contribution in [3.63, 3.8) is 0 Å². The van der Waals surface area contributed by atoms with Crippen molar-refractivity contribution in [2.24, 2.45) is 0 Å². The van der Waals surface area contributed by atoms with E-state index in [1.54, 1.807) is 18.5 Å². The van der Waals surface area contributed by atoms with Gasteiger partial charge in [0.25, 0.3) is 0 Å². The van der Waals surface area contributed by atoms with Crippen LogP contribution in [0.15, 0.2) is 59.8 Å². The Labute approximate surface area is 203 Å². The second-order valence-electron chi connectivity index (χ2n) is 8.02. The number of benzene rings is 1. The van der Waals surface area contributed by atoms with E-state index in [1.165, 1.54) is 22.5 Å². The minimum Gasteiger partial charge on any atom is -0.454 e. The SMILES string of the molecule is [2H]C1([2H])Oc2ccc(S(=O)(=O)N3CCC(n4c(-c5cccnc5Cl)nc5cccnc54)CC3)cc2O1. The third-order valence-electron chi connectivity index (χ3n) is 6.09. The van der Waals surface area contributed by atoms with Crippen molar-refractivity contribution < 1.29 is 20.6 Å². The van der Waals surface area contributed by atoms with Gasteiger partial charge in [-0.1, -0.05) is 11.6 Å². The molecule has 1 saturated heterocycles. The van der Waals surface area contributed by atoms with Gasteiger partial charge in [0.1, 0.15) is 19.2 Å². The number of rotatable bonds is 4. The number of ether oxygens (including phenoxy) is 2. The highest BCUT2D eigenvalue weighted by atomic mass is 35.5. The Hall–Kier alpha value is -3.21. The van der Waals surface area contributed by atoms with Gasteiger partial charge in [-0.05, 0) is 49.2 Å². The Kier molecular flexibility index (Phi) is 4.63. The Bertz CT molecular complexity index is 1590. The molecule has 4 aromatic rings. The summed E-state index contributed by atoms with van der Waals surface area (Å²) in [4.78, 5) is 13.5. The average Bonchev–Trinajstić information content (AvgIpc) is 3.39. The number of pyridine rings is 2. The van der Waals surface area contributed by atoms with Crippen LogP contribution in [0.3, 0.4) is 0 Å². The fraction of sp³-hybridized carbons (Fsp3) is 0.261. The van der Waals surface area contributed by atoms with Crippen molar-refractivity contribution in [1.29, 1.82) is 0 Å². The summed E-state index contributed by atoms with van der Waals surface area (Å²) in [5.74, 6) is 0.872. The standard InChI is InChI=1S/C23H20ClN5O4S/c24-21-17(3-1-9-25-21)22-27-18-4-2-10-26-23(18)29(22)15-7-11-28(12-8-15)34(30,31)16-5-6-19-20(13-16)33-14-32-19/h1-6,9-10,13,15H,7-8,11-12,14H2/i14D2. The predicted octanol–water partition coefficient (Wildman–Crippen LogP) is 3.90. The van der Waals surface area contributed by atoms with Gasteiger partial charge in [0.05, 0.1) is 10.5 Å². The van der Waals surface area contributed by atoms with Crippen LogP contribution in [-0.2, 0) is 10.0 Å². The minimum absolute atomic E-state index is 0.0265. The molecule has 0 amide bonds. The normalized spacial score (nSPS) is 19.2. The quantitative estimate of drug-likeness (QED) is 0.392. The van der Waals surface area contributed by atoms with Crippen molar-refractivity contribution in [3.8, 4) is 22.9 Å². The van der Waals surface area contributed by atoms with Gasteiger partial charge in [-0.2, -0.15) is 4.31 Å². The van der Waals surface area contributed by atoms with E-state index >= 15 is 0 Å². The van der Waals surface area contributed by atoms with Crippen molar-refractivity contribution >= 4 is 32.8 Å². The van der Waals surface area contributed by atoms with E-state index in [-0.39, 0.29) is 35.5 Å². The Morgan fingerprint density at radius 3 is 2.62 bits per heavy atom. The van der Waals surface area contributed by atoms with Crippen molar-refractivity contribution in [2.45, 2.75) is 23.8 Å².